The van der Waals surface area contributed by atoms with Crippen molar-refractivity contribution in [2.45, 2.75) is 71.1 Å². The lowest BCUT2D eigenvalue weighted by atomic mass is 9.93. The summed E-state index contributed by atoms with van der Waals surface area (Å²) in [5.74, 6) is -1.14. The first-order valence-electron chi connectivity index (χ1n) is 7.09. The van der Waals surface area contributed by atoms with E-state index in [1.807, 2.05) is 18.7 Å². The van der Waals surface area contributed by atoms with Crippen molar-refractivity contribution < 1.29 is 19.4 Å². The van der Waals surface area contributed by atoms with Crippen LogP contribution >= 0.6 is 0 Å². The van der Waals surface area contributed by atoms with E-state index < -0.39 is 12.1 Å². The van der Waals surface area contributed by atoms with Crippen LogP contribution in [0.4, 0.5) is 0 Å². The maximum atomic E-state index is 12.2. The van der Waals surface area contributed by atoms with E-state index in [0.29, 0.717) is 0 Å². The zero-order valence-corrected chi connectivity index (χ0v) is 12.1. The highest BCUT2D eigenvalue weighted by Crippen LogP contribution is 2.24. The minimum absolute atomic E-state index is 0.102. The Morgan fingerprint density at radius 1 is 1.21 bits per heavy atom. The molecule has 1 saturated carbocycles. The fourth-order valence-corrected chi connectivity index (χ4v) is 2.61. The highest BCUT2D eigenvalue weighted by Gasteiger charge is 2.28. The molecule has 1 rings (SSSR count). The minimum atomic E-state index is -1.04. The molecule has 1 aliphatic carbocycles. The molecular weight excluding hydrogens is 246 g/mol. The van der Waals surface area contributed by atoms with Crippen molar-refractivity contribution in [3.63, 3.8) is 0 Å². The van der Waals surface area contributed by atoms with Gasteiger partial charge in [0.2, 0.25) is 5.91 Å². The van der Waals surface area contributed by atoms with Crippen LogP contribution in [0.1, 0.15) is 52.9 Å². The van der Waals surface area contributed by atoms with Gasteiger partial charge in [-0.15, -0.1) is 0 Å². The second kappa shape index (κ2) is 7.48. The van der Waals surface area contributed by atoms with Gasteiger partial charge in [0.1, 0.15) is 6.61 Å². The summed E-state index contributed by atoms with van der Waals surface area (Å²) >= 11 is 0. The van der Waals surface area contributed by atoms with Crippen LogP contribution in [0.2, 0.25) is 0 Å². The molecule has 1 amide bonds. The van der Waals surface area contributed by atoms with Gasteiger partial charge < -0.3 is 14.7 Å². The summed E-state index contributed by atoms with van der Waals surface area (Å²) in [5, 5.41) is 8.74. The van der Waals surface area contributed by atoms with Crippen molar-refractivity contribution in [3.8, 4) is 0 Å². The van der Waals surface area contributed by atoms with Gasteiger partial charge in [0.15, 0.2) is 6.10 Å². The molecule has 1 aliphatic rings. The molecule has 0 spiro atoms. The molecule has 0 aromatic heterocycles. The van der Waals surface area contributed by atoms with Gasteiger partial charge >= 0.3 is 5.97 Å². The third kappa shape index (κ3) is 4.82. The normalized spacial score (nSPS) is 18.3. The first-order valence-corrected chi connectivity index (χ1v) is 7.09. The molecule has 0 aromatic carbocycles. The fourth-order valence-electron chi connectivity index (χ4n) is 2.61. The molecule has 5 nitrogen and oxygen atoms in total. The molecule has 0 unspecified atom stereocenters. The second-order valence-electron chi connectivity index (χ2n) is 5.48. The van der Waals surface area contributed by atoms with Crippen LogP contribution in [0, 0.1) is 0 Å². The SMILES string of the molecule is CC(C)N(C(=O)CO[C@H](C)C(=O)O)C1CCCCC1. The number of ether oxygens (including phenoxy) is 1. The lowest BCUT2D eigenvalue weighted by molar-refractivity contribution is -0.154. The average Bonchev–Trinajstić information content (AvgIpc) is 2.36. The number of hydrogen-bond acceptors (Lipinski definition) is 3. The number of carbonyl (C=O) groups excluding carboxylic acids is 1. The molecule has 0 radical (unpaired) electrons. The number of aliphatic carboxylic acids is 1. The molecule has 110 valence electrons. The van der Waals surface area contributed by atoms with Crippen LogP contribution in [0.15, 0.2) is 0 Å². The van der Waals surface area contributed by atoms with E-state index in [1.54, 1.807) is 0 Å². The first kappa shape index (κ1) is 16.0. The van der Waals surface area contributed by atoms with Crippen molar-refractivity contribution in [3.05, 3.63) is 0 Å². The van der Waals surface area contributed by atoms with Gasteiger partial charge in [-0.3, -0.25) is 4.79 Å². The number of rotatable bonds is 6. The van der Waals surface area contributed by atoms with Gasteiger partial charge in [-0.1, -0.05) is 19.3 Å². The van der Waals surface area contributed by atoms with E-state index in [1.165, 1.54) is 13.3 Å². The average molecular weight is 271 g/mol. The van der Waals surface area contributed by atoms with Gasteiger partial charge in [0.25, 0.3) is 0 Å². The maximum Gasteiger partial charge on any atom is 0.332 e. The Kier molecular flexibility index (Phi) is 6.28. The molecule has 1 N–H and O–H groups in total. The smallest absolute Gasteiger partial charge is 0.332 e. The summed E-state index contributed by atoms with van der Waals surface area (Å²) in [5.41, 5.74) is 0. The highest BCUT2D eigenvalue weighted by molar-refractivity contribution is 5.79. The van der Waals surface area contributed by atoms with Gasteiger partial charge in [0.05, 0.1) is 0 Å². The number of nitrogens with zero attached hydrogens (tertiary/aromatic N) is 1. The third-order valence-electron chi connectivity index (χ3n) is 3.62. The first-order chi connectivity index (χ1) is 8.93. The van der Waals surface area contributed by atoms with Gasteiger partial charge in [-0.25, -0.2) is 4.79 Å². The summed E-state index contributed by atoms with van der Waals surface area (Å²) in [6, 6.07) is 0.407. The van der Waals surface area contributed by atoms with E-state index in [-0.39, 0.29) is 24.6 Å². The Bertz CT molecular complexity index is 311. The zero-order valence-electron chi connectivity index (χ0n) is 12.1. The standard InChI is InChI=1S/C14H25NO4/c1-10(2)15(12-7-5-4-6-8-12)13(16)9-19-11(3)14(17)18/h10-12H,4-9H2,1-3H3,(H,17,18)/t11-/m1/s1. The van der Waals surface area contributed by atoms with Gasteiger partial charge in [0, 0.05) is 12.1 Å². The summed E-state index contributed by atoms with van der Waals surface area (Å²) in [7, 11) is 0. The molecule has 0 aliphatic heterocycles. The molecule has 1 atom stereocenters. The molecule has 5 heteroatoms. The zero-order chi connectivity index (χ0) is 14.4. The summed E-state index contributed by atoms with van der Waals surface area (Å²) in [6.07, 6.45) is 4.70. The van der Waals surface area contributed by atoms with Crippen LogP contribution in [-0.4, -0.2) is 46.7 Å². The topological polar surface area (TPSA) is 66.8 Å². The molecule has 0 bridgehead atoms. The van der Waals surface area contributed by atoms with Crippen LogP contribution in [0.3, 0.4) is 0 Å². The van der Waals surface area contributed by atoms with E-state index in [4.69, 9.17) is 9.84 Å². The minimum Gasteiger partial charge on any atom is -0.479 e. The van der Waals surface area contributed by atoms with Crippen molar-refractivity contribution in [2.24, 2.45) is 0 Å². The van der Waals surface area contributed by atoms with Crippen LogP contribution in [-0.2, 0) is 14.3 Å². The maximum absolute atomic E-state index is 12.2. The van der Waals surface area contributed by atoms with Crippen molar-refractivity contribution in [1.82, 2.24) is 4.90 Å². The lowest BCUT2D eigenvalue weighted by Crippen LogP contribution is -2.47. The largest absolute Gasteiger partial charge is 0.479 e. The number of carboxylic acid groups (broad SMARTS) is 1. The number of amides is 1. The molecule has 1 fully saturated rings. The van der Waals surface area contributed by atoms with Crippen LogP contribution in [0.25, 0.3) is 0 Å². The molecular formula is C14H25NO4. The highest BCUT2D eigenvalue weighted by atomic mass is 16.5. The molecule has 0 saturated heterocycles. The monoisotopic (exact) mass is 271 g/mol. The van der Waals surface area contributed by atoms with Crippen LogP contribution < -0.4 is 0 Å². The van der Waals surface area contributed by atoms with Crippen molar-refractivity contribution in [2.75, 3.05) is 6.61 Å². The van der Waals surface area contributed by atoms with Crippen LogP contribution in [0.5, 0.6) is 0 Å². The predicted molar refractivity (Wildman–Crippen MR) is 71.9 cm³/mol. The van der Waals surface area contributed by atoms with E-state index in [0.717, 1.165) is 25.7 Å². The van der Waals surface area contributed by atoms with Crippen molar-refractivity contribution >= 4 is 11.9 Å². The van der Waals surface area contributed by atoms with Crippen molar-refractivity contribution in [1.29, 1.82) is 0 Å². The molecule has 0 heterocycles. The Morgan fingerprint density at radius 2 is 1.79 bits per heavy atom. The number of hydrogen-bond donors (Lipinski definition) is 1. The summed E-state index contributed by atoms with van der Waals surface area (Å²) in [6.45, 7) is 5.28. The fraction of sp³-hybridized carbons (Fsp3) is 0.857. The Balaban J connectivity index is 2.55. The summed E-state index contributed by atoms with van der Waals surface area (Å²) < 4.78 is 5.10. The van der Waals surface area contributed by atoms with Gasteiger partial charge in [-0.05, 0) is 33.6 Å². The second-order valence-corrected chi connectivity index (χ2v) is 5.48. The third-order valence-corrected chi connectivity index (χ3v) is 3.62. The predicted octanol–water partition coefficient (Wildman–Crippen LogP) is 2.05. The quantitative estimate of drug-likeness (QED) is 0.803. The Morgan fingerprint density at radius 3 is 2.26 bits per heavy atom. The lowest BCUT2D eigenvalue weighted by Gasteiger charge is -2.37. The van der Waals surface area contributed by atoms with E-state index >= 15 is 0 Å². The molecule has 0 aromatic rings. The van der Waals surface area contributed by atoms with Gasteiger partial charge in [-0.2, -0.15) is 0 Å². The Labute approximate surface area is 114 Å². The number of carbonyl (C=O) groups is 2. The Hall–Kier alpha value is -1.10. The summed E-state index contributed by atoms with van der Waals surface area (Å²) in [4.78, 5) is 24.8. The number of carboxylic acids is 1. The van der Waals surface area contributed by atoms with E-state index in [2.05, 4.69) is 0 Å². The molecule has 19 heavy (non-hydrogen) atoms. The van der Waals surface area contributed by atoms with E-state index in [9.17, 15) is 9.59 Å².